The number of rotatable bonds is 4. The average Bonchev–Trinajstić information content (AvgIpc) is 2.52. The zero-order valence-corrected chi connectivity index (χ0v) is 12.5. The summed E-state index contributed by atoms with van der Waals surface area (Å²) in [5.74, 6) is -0.951. The van der Waals surface area contributed by atoms with Crippen LogP contribution in [-0.2, 0) is 14.3 Å². The summed E-state index contributed by atoms with van der Waals surface area (Å²) < 4.78 is 10.9. The van der Waals surface area contributed by atoms with Crippen LogP contribution in [0.25, 0.3) is 0 Å². The van der Waals surface area contributed by atoms with Crippen LogP contribution in [0.5, 0.6) is 0 Å². The normalized spacial score (nSPS) is 24.1. The zero-order valence-electron chi connectivity index (χ0n) is 12.5. The van der Waals surface area contributed by atoms with E-state index in [-0.39, 0.29) is 24.8 Å². The van der Waals surface area contributed by atoms with Crippen LogP contribution in [0.1, 0.15) is 26.2 Å². The maximum Gasteiger partial charge on any atom is 0.329 e. The first-order valence-corrected chi connectivity index (χ1v) is 7.59. The Hall–Kier alpha value is -1.34. The van der Waals surface area contributed by atoms with Gasteiger partial charge in [0.1, 0.15) is 6.61 Å². The van der Waals surface area contributed by atoms with Gasteiger partial charge in [-0.05, 0) is 19.3 Å². The molecule has 2 amide bonds. The molecule has 2 saturated heterocycles. The van der Waals surface area contributed by atoms with Crippen LogP contribution in [0.2, 0.25) is 0 Å². The molecule has 7 heteroatoms. The zero-order chi connectivity index (χ0) is 15.2. The Morgan fingerprint density at radius 2 is 1.95 bits per heavy atom. The van der Waals surface area contributed by atoms with Gasteiger partial charge >= 0.3 is 12.0 Å². The van der Waals surface area contributed by atoms with Gasteiger partial charge in [0.25, 0.3) is 0 Å². The first kappa shape index (κ1) is 16.0. The van der Waals surface area contributed by atoms with E-state index in [1.54, 1.807) is 0 Å². The minimum Gasteiger partial charge on any atom is -0.480 e. The van der Waals surface area contributed by atoms with Gasteiger partial charge in [-0.2, -0.15) is 0 Å². The van der Waals surface area contributed by atoms with E-state index in [0.717, 1.165) is 6.42 Å². The van der Waals surface area contributed by atoms with E-state index in [0.29, 0.717) is 45.6 Å². The summed E-state index contributed by atoms with van der Waals surface area (Å²) in [4.78, 5) is 26.6. The molecule has 0 aromatic heterocycles. The summed E-state index contributed by atoms with van der Waals surface area (Å²) in [7, 11) is 0. The lowest BCUT2D eigenvalue weighted by atomic mass is 10.1. The molecule has 1 N–H and O–H groups in total. The molecule has 0 radical (unpaired) electrons. The molecule has 2 heterocycles. The molecule has 2 aliphatic heterocycles. The van der Waals surface area contributed by atoms with Gasteiger partial charge < -0.3 is 24.4 Å². The molecule has 1 atom stereocenters. The van der Waals surface area contributed by atoms with Crippen molar-refractivity contribution < 1.29 is 24.2 Å². The van der Waals surface area contributed by atoms with Gasteiger partial charge in [-0.15, -0.1) is 0 Å². The number of carboxylic acids is 1. The first-order valence-electron chi connectivity index (χ1n) is 7.59. The highest BCUT2D eigenvalue weighted by molar-refractivity contribution is 5.74. The Kier molecular flexibility index (Phi) is 5.81. The quantitative estimate of drug-likeness (QED) is 0.830. The van der Waals surface area contributed by atoms with E-state index < -0.39 is 5.97 Å². The first-order chi connectivity index (χ1) is 10.1. The van der Waals surface area contributed by atoms with Gasteiger partial charge in [0.15, 0.2) is 0 Å². The number of aliphatic carboxylic acids is 1. The van der Waals surface area contributed by atoms with E-state index in [2.05, 4.69) is 6.92 Å². The number of urea groups is 1. The Balaban J connectivity index is 1.76. The monoisotopic (exact) mass is 300 g/mol. The number of morpholine rings is 1. The van der Waals surface area contributed by atoms with Crippen molar-refractivity contribution in [3.63, 3.8) is 0 Å². The Morgan fingerprint density at radius 3 is 2.57 bits per heavy atom. The molecule has 0 aliphatic carbocycles. The SMILES string of the molecule is CCC1CN(C(=O)N2CCC(OCC(=O)O)CC2)CCO1. The number of carboxylic acid groups (broad SMARTS) is 1. The third kappa shape index (κ3) is 4.57. The highest BCUT2D eigenvalue weighted by Crippen LogP contribution is 2.17. The highest BCUT2D eigenvalue weighted by Gasteiger charge is 2.29. The fourth-order valence-corrected chi connectivity index (χ4v) is 2.74. The van der Waals surface area contributed by atoms with Crippen molar-refractivity contribution in [2.24, 2.45) is 0 Å². The van der Waals surface area contributed by atoms with Gasteiger partial charge in [-0.1, -0.05) is 6.92 Å². The Bertz CT molecular complexity index is 368. The van der Waals surface area contributed by atoms with Gasteiger partial charge in [-0.25, -0.2) is 9.59 Å². The maximum atomic E-state index is 12.4. The van der Waals surface area contributed by atoms with Crippen LogP contribution in [0, 0.1) is 0 Å². The molecule has 2 rings (SSSR count). The van der Waals surface area contributed by atoms with Crippen molar-refractivity contribution >= 4 is 12.0 Å². The van der Waals surface area contributed by atoms with Crippen molar-refractivity contribution in [2.45, 2.75) is 38.4 Å². The lowest BCUT2D eigenvalue weighted by Crippen LogP contribution is -2.53. The number of ether oxygens (including phenoxy) is 2. The number of nitrogens with zero attached hydrogens (tertiary/aromatic N) is 2. The molecule has 0 saturated carbocycles. The van der Waals surface area contributed by atoms with E-state index in [1.807, 2.05) is 9.80 Å². The van der Waals surface area contributed by atoms with Crippen molar-refractivity contribution in [2.75, 3.05) is 39.4 Å². The highest BCUT2D eigenvalue weighted by atomic mass is 16.5. The van der Waals surface area contributed by atoms with Crippen LogP contribution >= 0.6 is 0 Å². The molecule has 2 aliphatic rings. The largest absolute Gasteiger partial charge is 0.480 e. The second kappa shape index (κ2) is 7.61. The van der Waals surface area contributed by atoms with Gasteiger partial charge in [-0.3, -0.25) is 0 Å². The summed E-state index contributed by atoms with van der Waals surface area (Å²) in [6.45, 7) is 4.94. The minimum atomic E-state index is -0.951. The topological polar surface area (TPSA) is 79.3 Å². The van der Waals surface area contributed by atoms with E-state index >= 15 is 0 Å². The summed E-state index contributed by atoms with van der Waals surface area (Å²) in [5, 5.41) is 8.59. The van der Waals surface area contributed by atoms with Crippen LogP contribution in [0.3, 0.4) is 0 Å². The molecular weight excluding hydrogens is 276 g/mol. The van der Waals surface area contributed by atoms with Gasteiger partial charge in [0.2, 0.25) is 0 Å². The number of piperidine rings is 1. The summed E-state index contributed by atoms with van der Waals surface area (Å²) in [6, 6.07) is 0.0634. The van der Waals surface area contributed by atoms with Crippen molar-refractivity contribution in [1.82, 2.24) is 9.80 Å². The summed E-state index contributed by atoms with van der Waals surface area (Å²) in [6.07, 6.45) is 2.38. The molecule has 0 aromatic rings. The molecule has 7 nitrogen and oxygen atoms in total. The average molecular weight is 300 g/mol. The number of hydrogen-bond donors (Lipinski definition) is 1. The van der Waals surface area contributed by atoms with Crippen molar-refractivity contribution in [1.29, 1.82) is 0 Å². The van der Waals surface area contributed by atoms with E-state index in [1.165, 1.54) is 0 Å². The second-order valence-corrected chi connectivity index (χ2v) is 5.52. The smallest absolute Gasteiger partial charge is 0.329 e. The molecule has 0 bridgehead atoms. The van der Waals surface area contributed by atoms with E-state index in [9.17, 15) is 9.59 Å². The molecule has 1 unspecified atom stereocenters. The molecule has 21 heavy (non-hydrogen) atoms. The minimum absolute atomic E-state index is 0.0572. The number of carbonyl (C=O) groups excluding carboxylic acids is 1. The van der Waals surface area contributed by atoms with Crippen LogP contribution in [-0.4, -0.2) is 78.5 Å². The molecule has 120 valence electrons. The van der Waals surface area contributed by atoms with Crippen LogP contribution in [0.4, 0.5) is 4.79 Å². The lowest BCUT2D eigenvalue weighted by Gasteiger charge is -2.38. The summed E-state index contributed by atoms with van der Waals surface area (Å²) in [5.41, 5.74) is 0. The fraction of sp³-hybridized carbons (Fsp3) is 0.857. The molecular formula is C14H24N2O5. The molecule has 2 fully saturated rings. The number of hydrogen-bond acceptors (Lipinski definition) is 4. The predicted molar refractivity (Wildman–Crippen MR) is 75.2 cm³/mol. The van der Waals surface area contributed by atoms with Gasteiger partial charge in [0, 0.05) is 26.2 Å². The van der Waals surface area contributed by atoms with Crippen LogP contribution in [0.15, 0.2) is 0 Å². The second-order valence-electron chi connectivity index (χ2n) is 5.52. The molecule has 0 spiro atoms. The predicted octanol–water partition coefficient (Wildman–Crippen LogP) is 0.783. The third-order valence-electron chi connectivity index (χ3n) is 4.02. The summed E-state index contributed by atoms with van der Waals surface area (Å²) >= 11 is 0. The van der Waals surface area contributed by atoms with Crippen LogP contribution < -0.4 is 0 Å². The van der Waals surface area contributed by atoms with Crippen molar-refractivity contribution in [3.8, 4) is 0 Å². The standard InChI is InChI=1S/C14H24N2O5/c1-2-11-9-16(7-8-20-11)14(19)15-5-3-12(4-6-15)21-10-13(17)18/h11-12H,2-10H2,1H3,(H,17,18). The number of carbonyl (C=O) groups is 2. The lowest BCUT2D eigenvalue weighted by molar-refractivity contribution is -0.145. The fourth-order valence-electron chi connectivity index (χ4n) is 2.74. The van der Waals surface area contributed by atoms with E-state index in [4.69, 9.17) is 14.6 Å². The Morgan fingerprint density at radius 1 is 1.24 bits per heavy atom. The number of amides is 2. The van der Waals surface area contributed by atoms with Gasteiger partial charge in [0.05, 0.1) is 18.8 Å². The maximum absolute atomic E-state index is 12.4. The molecule has 0 aromatic carbocycles. The third-order valence-corrected chi connectivity index (χ3v) is 4.02. The number of likely N-dealkylation sites (tertiary alicyclic amines) is 1. The Labute approximate surface area is 124 Å². The van der Waals surface area contributed by atoms with Crippen molar-refractivity contribution in [3.05, 3.63) is 0 Å².